The average Bonchev–Trinajstić information content (AvgIpc) is 3.30. The van der Waals surface area contributed by atoms with Crippen molar-refractivity contribution in [1.29, 1.82) is 0 Å². The number of methoxy groups -OCH3 is 1. The number of aryl methyl sites for hydroxylation is 1. The van der Waals surface area contributed by atoms with Crippen molar-refractivity contribution in [3.63, 3.8) is 0 Å². The first kappa shape index (κ1) is 28.2. The summed E-state index contributed by atoms with van der Waals surface area (Å²) in [7, 11) is -1.98. The van der Waals surface area contributed by atoms with Crippen molar-refractivity contribution in [2.24, 2.45) is 0 Å². The molecule has 0 radical (unpaired) electrons. The van der Waals surface area contributed by atoms with Crippen molar-refractivity contribution in [3.05, 3.63) is 94.1 Å². The van der Waals surface area contributed by atoms with Crippen LogP contribution in [0.4, 0.5) is 0 Å². The number of hydrogen-bond acceptors (Lipinski definition) is 5. The predicted octanol–water partition coefficient (Wildman–Crippen LogP) is 6.75. The first-order valence-electron chi connectivity index (χ1n) is 11.9. The highest BCUT2D eigenvalue weighted by Crippen LogP contribution is 2.31. The molecule has 0 N–H and O–H groups in total. The summed E-state index contributed by atoms with van der Waals surface area (Å²) in [5, 5.41) is 5.18. The van der Waals surface area contributed by atoms with Crippen LogP contribution in [0.1, 0.15) is 41.0 Å². The van der Waals surface area contributed by atoms with Crippen molar-refractivity contribution in [3.8, 4) is 22.4 Å². The van der Waals surface area contributed by atoms with Crippen LogP contribution in [0.5, 0.6) is 0 Å². The van der Waals surface area contributed by atoms with Crippen LogP contribution in [0.2, 0.25) is 5.02 Å². The number of sulfone groups is 1. The third kappa shape index (κ3) is 6.29. The summed E-state index contributed by atoms with van der Waals surface area (Å²) in [5.41, 5.74) is 6.47. The fourth-order valence-electron chi connectivity index (χ4n) is 3.98. The summed E-state index contributed by atoms with van der Waals surface area (Å²) in [6, 6.07) is 20.2. The van der Waals surface area contributed by atoms with Crippen molar-refractivity contribution in [2.75, 3.05) is 13.4 Å². The molecule has 1 heterocycles. The number of carbonyl (C=O) groups is 1. The molecular formula is C29H31ClN2O4S. The van der Waals surface area contributed by atoms with Crippen LogP contribution in [0.15, 0.2) is 71.6 Å². The molecule has 0 fully saturated rings. The molecule has 0 atom stereocenters. The van der Waals surface area contributed by atoms with Crippen LogP contribution < -0.4 is 0 Å². The molecule has 4 aromatic rings. The van der Waals surface area contributed by atoms with Crippen molar-refractivity contribution < 1.29 is 17.9 Å². The van der Waals surface area contributed by atoms with E-state index in [1.165, 1.54) is 13.4 Å². The van der Waals surface area contributed by atoms with Gasteiger partial charge in [-0.25, -0.2) is 13.2 Å². The fraction of sp³-hybridized carbons (Fsp3) is 0.241. The Labute approximate surface area is 223 Å². The highest BCUT2D eigenvalue weighted by atomic mass is 35.5. The van der Waals surface area contributed by atoms with Gasteiger partial charge in [0.1, 0.15) is 0 Å². The number of hydrogen-bond donors (Lipinski definition) is 0. The number of nitrogens with zero attached hydrogens (tertiary/aromatic N) is 2. The zero-order valence-electron chi connectivity index (χ0n) is 21.9. The summed E-state index contributed by atoms with van der Waals surface area (Å²) in [6.45, 7) is 8.35. The van der Waals surface area contributed by atoms with E-state index < -0.39 is 15.8 Å². The molecule has 0 saturated heterocycles. The number of benzene rings is 3. The van der Waals surface area contributed by atoms with Gasteiger partial charge in [-0.15, -0.1) is 0 Å². The van der Waals surface area contributed by atoms with Crippen LogP contribution in [-0.4, -0.2) is 37.5 Å². The lowest BCUT2D eigenvalue weighted by molar-refractivity contribution is 0.0593. The third-order valence-corrected chi connectivity index (χ3v) is 7.49. The fourth-order valence-corrected chi connectivity index (χ4v) is 4.84. The Morgan fingerprint density at radius 1 is 0.973 bits per heavy atom. The Morgan fingerprint density at radius 2 is 1.65 bits per heavy atom. The highest BCUT2D eigenvalue weighted by molar-refractivity contribution is 7.90. The second-order valence-corrected chi connectivity index (χ2v) is 10.8. The van der Waals surface area contributed by atoms with E-state index >= 15 is 0 Å². The molecule has 1 aromatic heterocycles. The van der Waals surface area contributed by atoms with Crippen molar-refractivity contribution >= 4 is 27.4 Å². The zero-order valence-corrected chi connectivity index (χ0v) is 23.4. The van der Waals surface area contributed by atoms with E-state index in [4.69, 9.17) is 16.3 Å². The maximum Gasteiger partial charge on any atom is 0.358 e. The van der Waals surface area contributed by atoms with Gasteiger partial charge < -0.3 is 4.74 Å². The molecule has 0 spiro atoms. The average molecular weight is 539 g/mol. The van der Waals surface area contributed by atoms with Crippen LogP contribution in [0, 0.1) is 13.8 Å². The Kier molecular flexibility index (Phi) is 8.94. The monoisotopic (exact) mass is 538 g/mol. The Balaban J connectivity index is 0.00000186. The minimum absolute atomic E-state index is 0.214. The van der Waals surface area contributed by atoms with Gasteiger partial charge in [-0.1, -0.05) is 67.9 Å². The number of esters is 1. The van der Waals surface area contributed by atoms with E-state index in [1.54, 1.807) is 28.9 Å². The van der Waals surface area contributed by atoms with Crippen LogP contribution in [0.3, 0.4) is 0 Å². The van der Waals surface area contributed by atoms with Gasteiger partial charge in [0.15, 0.2) is 15.5 Å². The van der Waals surface area contributed by atoms with E-state index in [1.807, 2.05) is 70.2 Å². The summed E-state index contributed by atoms with van der Waals surface area (Å²) >= 11 is 6.31. The molecule has 194 valence electrons. The van der Waals surface area contributed by atoms with Gasteiger partial charge in [-0.2, -0.15) is 5.10 Å². The third-order valence-electron chi connectivity index (χ3n) is 5.97. The Morgan fingerprint density at radius 3 is 2.30 bits per heavy atom. The SMILES string of the molecule is CC.COC(=O)c1cc(-c2ccc(-c3cccc(S(C)(=O)=O)c3)cc2C)n(Cc2cccc(Cl)c2C)n1. The molecular weight excluding hydrogens is 508 g/mol. The predicted molar refractivity (Wildman–Crippen MR) is 149 cm³/mol. The minimum atomic E-state index is -3.31. The largest absolute Gasteiger partial charge is 0.464 e. The Hall–Kier alpha value is -3.42. The quantitative estimate of drug-likeness (QED) is 0.254. The lowest BCUT2D eigenvalue weighted by atomic mass is 9.98. The number of aromatic nitrogens is 2. The maximum absolute atomic E-state index is 12.3. The Bertz CT molecular complexity index is 1540. The van der Waals surface area contributed by atoms with E-state index in [0.717, 1.165) is 39.1 Å². The summed E-state index contributed by atoms with van der Waals surface area (Å²) in [5.74, 6) is -0.514. The lowest BCUT2D eigenvalue weighted by Gasteiger charge is -2.13. The normalized spacial score (nSPS) is 11.0. The second-order valence-electron chi connectivity index (χ2n) is 8.42. The highest BCUT2D eigenvalue weighted by Gasteiger charge is 2.19. The second kappa shape index (κ2) is 11.8. The smallest absolute Gasteiger partial charge is 0.358 e. The topological polar surface area (TPSA) is 78.3 Å². The molecule has 6 nitrogen and oxygen atoms in total. The molecule has 0 aliphatic heterocycles. The molecule has 0 aliphatic carbocycles. The first-order chi connectivity index (χ1) is 17.6. The molecule has 37 heavy (non-hydrogen) atoms. The lowest BCUT2D eigenvalue weighted by Crippen LogP contribution is -2.08. The maximum atomic E-state index is 12.3. The van der Waals surface area contributed by atoms with E-state index in [-0.39, 0.29) is 10.6 Å². The van der Waals surface area contributed by atoms with Crippen LogP contribution in [-0.2, 0) is 21.1 Å². The molecule has 0 amide bonds. The van der Waals surface area contributed by atoms with Gasteiger partial charge in [0.05, 0.1) is 24.2 Å². The molecule has 4 rings (SSSR count). The van der Waals surface area contributed by atoms with Crippen molar-refractivity contribution in [1.82, 2.24) is 9.78 Å². The van der Waals surface area contributed by atoms with Crippen LogP contribution in [0.25, 0.3) is 22.4 Å². The summed E-state index contributed by atoms with van der Waals surface area (Å²) in [4.78, 5) is 12.5. The van der Waals surface area contributed by atoms with Crippen LogP contribution >= 0.6 is 11.6 Å². The molecule has 0 saturated carbocycles. The van der Waals surface area contributed by atoms with Gasteiger partial charge in [0.25, 0.3) is 0 Å². The van der Waals surface area contributed by atoms with Gasteiger partial charge in [-0.05, 0) is 65.9 Å². The number of ether oxygens (including phenoxy) is 1. The first-order valence-corrected chi connectivity index (χ1v) is 14.2. The number of halogens is 1. The molecule has 0 aliphatic rings. The summed E-state index contributed by atoms with van der Waals surface area (Å²) in [6.07, 6.45) is 1.20. The standard InChI is InChI=1S/C27H25ClN2O4S.C2H6/c1-17-13-20(19-7-5-9-22(14-19)35(4,32)33)11-12-23(17)26-15-25(27(31)34-3)29-30(26)16-21-8-6-10-24(28)18(21)2;1-2/h5-15H,16H2,1-4H3;1-2H3. The molecule has 0 bridgehead atoms. The molecule has 8 heteroatoms. The van der Waals surface area contributed by atoms with Gasteiger partial charge in [0.2, 0.25) is 0 Å². The summed E-state index contributed by atoms with van der Waals surface area (Å²) < 4.78 is 30.6. The van der Waals surface area contributed by atoms with E-state index in [0.29, 0.717) is 11.6 Å². The molecule has 3 aromatic carbocycles. The van der Waals surface area contributed by atoms with Crippen molar-refractivity contribution in [2.45, 2.75) is 39.1 Å². The number of rotatable bonds is 6. The van der Waals surface area contributed by atoms with Gasteiger partial charge in [0, 0.05) is 16.8 Å². The number of carbonyl (C=O) groups excluding carboxylic acids is 1. The van der Waals surface area contributed by atoms with E-state index in [9.17, 15) is 13.2 Å². The minimum Gasteiger partial charge on any atom is -0.464 e. The van der Waals surface area contributed by atoms with E-state index in [2.05, 4.69) is 5.10 Å². The molecule has 0 unspecified atom stereocenters. The van der Waals surface area contributed by atoms with Gasteiger partial charge in [-0.3, -0.25) is 4.68 Å². The zero-order chi connectivity index (χ0) is 27.3. The van der Waals surface area contributed by atoms with Gasteiger partial charge >= 0.3 is 5.97 Å².